The van der Waals surface area contributed by atoms with Gasteiger partial charge in [0.05, 0.1) is 36.7 Å². The lowest BCUT2D eigenvalue weighted by atomic mass is 10.0. The molecule has 0 radical (unpaired) electrons. The van der Waals surface area contributed by atoms with Gasteiger partial charge >= 0.3 is 0 Å². The molecule has 6 nitrogen and oxygen atoms in total. The Hall–Kier alpha value is -1.38. The summed E-state index contributed by atoms with van der Waals surface area (Å²) in [5.41, 5.74) is 0.492. The number of nitrogens with zero attached hydrogens (tertiary/aromatic N) is 2. The molecule has 0 bridgehead atoms. The van der Waals surface area contributed by atoms with Crippen LogP contribution in [0.25, 0.3) is 10.7 Å². The molecule has 0 aliphatic rings. The zero-order valence-corrected chi connectivity index (χ0v) is 11.7. The smallest absolute Gasteiger partial charge is 0.142 e. The van der Waals surface area contributed by atoms with Crippen LogP contribution in [0.3, 0.4) is 0 Å². The number of aromatic nitrogens is 2. The minimum Gasteiger partial charge on any atom is -0.394 e. The van der Waals surface area contributed by atoms with Gasteiger partial charge < -0.3 is 15.3 Å². The number of nitrogens with one attached hydrogen (secondary N) is 1. The van der Waals surface area contributed by atoms with Gasteiger partial charge in [-0.15, -0.1) is 11.3 Å². The summed E-state index contributed by atoms with van der Waals surface area (Å²) < 4.78 is 0. The van der Waals surface area contributed by atoms with Crippen molar-refractivity contribution in [1.29, 1.82) is 0 Å². The number of hydrogen-bond donors (Lipinski definition) is 4. The Morgan fingerprint density at radius 3 is 2.50 bits per heavy atom. The molecule has 2 aromatic rings. The lowest BCUT2D eigenvalue weighted by molar-refractivity contribution is 0.0412. The van der Waals surface area contributed by atoms with Crippen molar-refractivity contribution in [2.45, 2.75) is 12.1 Å². The number of hydrogen-bond acceptors (Lipinski definition) is 7. The van der Waals surface area contributed by atoms with Crippen LogP contribution in [-0.4, -0.2) is 50.6 Å². The molecular formula is C13H17N3O3S. The summed E-state index contributed by atoms with van der Waals surface area (Å²) in [6.07, 6.45) is 1.71. The third-order valence-electron chi connectivity index (χ3n) is 2.99. The lowest BCUT2D eigenvalue weighted by Gasteiger charge is -2.28. The summed E-state index contributed by atoms with van der Waals surface area (Å²) in [6, 6.07) is 5.63. The molecule has 2 rings (SSSR count). The average Bonchev–Trinajstić information content (AvgIpc) is 2.99. The van der Waals surface area contributed by atoms with Crippen molar-refractivity contribution in [3.8, 4) is 10.7 Å². The van der Waals surface area contributed by atoms with E-state index in [2.05, 4.69) is 15.3 Å². The van der Waals surface area contributed by atoms with Gasteiger partial charge in [0.2, 0.25) is 0 Å². The molecule has 4 N–H and O–H groups in total. The molecule has 0 aromatic carbocycles. The molecule has 0 saturated carbocycles. The van der Waals surface area contributed by atoms with Gasteiger partial charge in [0.1, 0.15) is 5.01 Å². The van der Waals surface area contributed by atoms with Gasteiger partial charge in [-0.05, 0) is 12.1 Å². The van der Waals surface area contributed by atoms with Crippen molar-refractivity contribution in [2.75, 3.05) is 19.8 Å². The highest BCUT2D eigenvalue weighted by molar-refractivity contribution is 7.13. The van der Waals surface area contributed by atoms with Crippen molar-refractivity contribution in [1.82, 2.24) is 15.3 Å². The second-order valence-corrected chi connectivity index (χ2v) is 5.33. The van der Waals surface area contributed by atoms with Crippen molar-refractivity contribution in [3.05, 3.63) is 35.5 Å². The second-order valence-electron chi connectivity index (χ2n) is 4.47. The molecular weight excluding hydrogens is 278 g/mol. The van der Waals surface area contributed by atoms with Crippen molar-refractivity contribution < 1.29 is 15.3 Å². The highest BCUT2D eigenvalue weighted by atomic mass is 32.1. The molecule has 0 amide bonds. The first kappa shape index (κ1) is 15.0. The van der Waals surface area contributed by atoms with Crippen molar-refractivity contribution in [2.24, 2.45) is 0 Å². The fourth-order valence-corrected chi connectivity index (χ4v) is 2.39. The molecule has 2 aromatic heterocycles. The topological polar surface area (TPSA) is 98.5 Å². The average molecular weight is 295 g/mol. The van der Waals surface area contributed by atoms with Crippen LogP contribution in [0.15, 0.2) is 29.8 Å². The van der Waals surface area contributed by atoms with E-state index >= 15 is 0 Å². The summed E-state index contributed by atoms with van der Waals surface area (Å²) in [4.78, 5) is 8.66. The van der Waals surface area contributed by atoms with Gasteiger partial charge in [0, 0.05) is 18.1 Å². The molecule has 0 atom stereocenters. The highest BCUT2D eigenvalue weighted by Gasteiger charge is 2.27. The SMILES string of the molecule is OCC(CO)(CO)NCc1csc(-c2ccccn2)n1. The van der Waals surface area contributed by atoms with E-state index in [0.717, 1.165) is 16.4 Å². The van der Waals surface area contributed by atoms with Crippen LogP contribution in [0.4, 0.5) is 0 Å². The van der Waals surface area contributed by atoms with Crippen molar-refractivity contribution in [3.63, 3.8) is 0 Å². The molecule has 0 saturated heterocycles. The Balaban J connectivity index is 2.03. The van der Waals surface area contributed by atoms with Crippen molar-refractivity contribution >= 4 is 11.3 Å². The Labute approximate surface area is 120 Å². The standard InChI is InChI=1S/C13H17N3O3S/c17-7-13(8-18,9-19)15-5-10-6-20-12(16-10)11-3-1-2-4-14-11/h1-4,6,15,17-19H,5,7-9H2. The fraction of sp³-hybridized carbons (Fsp3) is 0.385. The van der Waals surface area contributed by atoms with Crippen LogP contribution >= 0.6 is 11.3 Å². The van der Waals surface area contributed by atoms with Crippen LogP contribution in [-0.2, 0) is 6.54 Å². The summed E-state index contributed by atoms with van der Waals surface area (Å²) in [6.45, 7) is -0.698. The minimum absolute atomic E-state index is 0.350. The third kappa shape index (κ3) is 3.38. The molecule has 2 heterocycles. The van der Waals surface area contributed by atoms with E-state index in [1.807, 2.05) is 23.6 Å². The maximum absolute atomic E-state index is 9.23. The highest BCUT2D eigenvalue weighted by Crippen LogP contribution is 2.21. The Kier molecular flexibility index (Phi) is 5.16. The van der Waals surface area contributed by atoms with E-state index in [4.69, 9.17) is 0 Å². The second kappa shape index (κ2) is 6.87. The normalized spacial score (nSPS) is 11.8. The monoisotopic (exact) mass is 295 g/mol. The first-order valence-electron chi connectivity index (χ1n) is 6.16. The van der Waals surface area contributed by atoms with Gasteiger partial charge in [-0.1, -0.05) is 6.07 Å². The maximum atomic E-state index is 9.23. The molecule has 7 heteroatoms. The predicted octanol–water partition coefficient (Wildman–Crippen LogP) is 0.0104. The Bertz CT molecular complexity index is 520. The Morgan fingerprint density at radius 1 is 1.15 bits per heavy atom. The summed E-state index contributed by atoms with van der Waals surface area (Å²) in [7, 11) is 0. The van der Waals surface area contributed by atoms with E-state index in [1.165, 1.54) is 11.3 Å². The van der Waals surface area contributed by atoms with E-state index in [9.17, 15) is 15.3 Å². The van der Waals surface area contributed by atoms with Gasteiger partial charge in [0.25, 0.3) is 0 Å². The molecule has 0 aliphatic heterocycles. The van der Waals surface area contributed by atoms with Gasteiger partial charge in [-0.2, -0.15) is 0 Å². The number of thiazole rings is 1. The maximum Gasteiger partial charge on any atom is 0.142 e. The number of aliphatic hydroxyl groups is 3. The summed E-state index contributed by atoms with van der Waals surface area (Å²) in [5, 5.41) is 33.3. The Morgan fingerprint density at radius 2 is 1.90 bits per heavy atom. The van der Waals surface area contributed by atoms with Crippen LogP contribution in [0.1, 0.15) is 5.69 Å². The fourth-order valence-electron chi connectivity index (χ4n) is 1.59. The molecule has 0 aliphatic carbocycles. The van der Waals surface area contributed by atoms with Crippen LogP contribution in [0, 0.1) is 0 Å². The van der Waals surface area contributed by atoms with Crippen LogP contribution in [0.2, 0.25) is 0 Å². The summed E-state index contributed by atoms with van der Waals surface area (Å²) >= 11 is 1.47. The zero-order chi connectivity index (χ0) is 14.4. The number of aliphatic hydroxyl groups excluding tert-OH is 3. The van der Waals surface area contributed by atoms with Gasteiger partial charge in [-0.3, -0.25) is 10.3 Å². The molecule has 20 heavy (non-hydrogen) atoms. The first-order valence-corrected chi connectivity index (χ1v) is 7.04. The predicted molar refractivity (Wildman–Crippen MR) is 76.2 cm³/mol. The molecule has 0 spiro atoms. The largest absolute Gasteiger partial charge is 0.394 e. The van der Waals surface area contributed by atoms with Gasteiger partial charge in [-0.25, -0.2) is 4.98 Å². The zero-order valence-electron chi connectivity index (χ0n) is 10.9. The number of rotatable bonds is 7. The van der Waals surface area contributed by atoms with Gasteiger partial charge in [0.15, 0.2) is 0 Å². The molecule has 0 unspecified atom stereocenters. The van der Waals surface area contributed by atoms with E-state index in [1.54, 1.807) is 6.20 Å². The van der Waals surface area contributed by atoms with E-state index in [-0.39, 0.29) is 19.8 Å². The van der Waals surface area contributed by atoms with E-state index in [0.29, 0.717) is 6.54 Å². The van der Waals surface area contributed by atoms with Crippen LogP contribution in [0.5, 0.6) is 0 Å². The number of pyridine rings is 1. The quantitative estimate of drug-likeness (QED) is 0.574. The lowest BCUT2D eigenvalue weighted by Crippen LogP contribution is -2.54. The van der Waals surface area contributed by atoms with Crippen LogP contribution < -0.4 is 5.32 Å². The third-order valence-corrected chi connectivity index (χ3v) is 3.90. The van der Waals surface area contributed by atoms with E-state index < -0.39 is 5.54 Å². The molecule has 108 valence electrons. The summed E-state index contributed by atoms with van der Waals surface area (Å²) in [5.74, 6) is 0. The first-order chi connectivity index (χ1) is 9.73. The minimum atomic E-state index is -1.09. The molecule has 0 fully saturated rings.